The van der Waals surface area contributed by atoms with Crippen LogP contribution in [-0.4, -0.2) is 69.8 Å². The predicted molar refractivity (Wildman–Crippen MR) is 85.9 cm³/mol. The summed E-state index contributed by atoms with van der Waals surface area (Å²) in [7, 11) is 0. The van der Waals surface area contributed by atoms with Gasteiger partial charge in [-0.1, -0.05) is 36.8 Å². The van der Waals surface area contributed by atoms with Crippen molar-refractivity contribution >= 4 is 0 Å². The summed E-state index contributed by atoms with van der Waals surface area (Å²) in [5, 5.41) is 46.6. The van der Waals surface area contributed by atoms with Gasteiger partial charge in [-0.05, 0) is 24.8 Å². The van der Waals surface area contributed by atoms with Crippen molar-refractivity contribution in [1.82, 2.24) is 0 Å². The van der Waals surface area contributed by atoms with Gasteiger partial charge in [-0.25, -0.2) is 0 Å². The lowest BCUT2D eigenvalue weighted by molar-refractivity contribution is -0.129. The highest BCUT2D eigenvalue weighted by Gasteiger charge is 2.29. The molecule has 6 nitrogen and oxygen atoms in total. The fraction of sp³-hybridized carbons (Fsp3) is 0.647. The first-order chi connectivity index (χ1) is 11.1. The SMILES string of the molecule is OCC(O)C(O)C(O)C(O)COCCCCCc1ccccc1. The van der Waals surface area contributed by atoms with Gasteiger partial charge in [0.1, 0.15) is 24.4 Å². The van der Waals surface area contributed by atoms with Gasteiger partial charge >= 0.3 is 0 Å². The first-order valence-corrected chi connectivity index (χ1v) is 8.01. The minimum atomic E-state index is -1.61. The molecule has 0 aliphatic carbocycles. The van der Waals surface area contributed by atoms with Crippen LogP contribution < -0.4 is 0 Å². The van der Waals surface area contributed by atoms with Crippen LogP contribution in [0.1, 0.15) is 24.8 Å². The Morgan fingerprint density at radius 1 is 0.826 bits per heavy atom. The fourth-order valence-corrected chi connectivity index (χ4v) is 2.22. The molecule has 0 aliphatic heterocycles. The second-order valence-electron chi connectivity index (χ2n) is 5.67. The highest BCUT2D eigenvalue weighted by molar-refractivity contribution is 5.14. The van der Waals surface area contributed by atoms with Crippen molar-refractivity contribution < 1.29 is 30.3 Å². The molecule has 0 aliphatic rings. The summed E-state index contributed by atoms with van der Waals surface area (Å²) in [5.41, 5.74) is 1.31. The third-order valence-corrected chi connectivity index (χ3v) is 3.71. The Morgan fingerprint density at radius 2 is 1.48 bits per heavy atom. The van der Waals surface area contributed by atoms with E-state index in [2.05, 4.69) is 12.1 Å². The van der Waals surface area contributed by atoms with Gasteiger partial charge in [0, 0.05) is 6.61 Å². The van der Waals surface area contributed by atoms with Crippen molar-refractivity contribution in [2.75, 3.05) is 19.8 Å². The Balaban J connectivity index is 2.05. The number of aliphatic hydroxyl groups excluding tert-OH is 5. The van der Waals surface area contributed by atoms with Crippen molar-refractivity contribution in [3.05, 3.63) is 35.9 Å². The standard InChI is InChI=1S/C17H28O6/c18-11-14(19)16(21)17(22)15(20)12-23-10-6-2-5-9-13-7-3-1-4-8-13/h1,3-4,7-8,14-22H,2,5-6,9-12H2. The summed E-state index contributed by atoms with van der Waals surface area (Å²) in [6.45, 7) is -0.362. The van der Waals surface area contributed by atoms with Crippen molar-refractivity contribution in [2.45, 2.75) is 50.1 Å². The van der Waals surface area contributed by atoms with Crippen molar-refractivity contribution in [3.8, 4) is 0 Å². The van der Waals surface area contributed by atoms with Gasteiger partial charge in [0.05, 0.1) is 13.2 Å². The summed E-state index contributed by atoms with van der Waals surface area (Å²) >= 11 is 0. The summed E-state index contributed by atoms with van der Waals surface area (Å²) in [6.07, 6.45) is -2.04. The lowest BCUT2D eigenvalue weighted by atomic mass is 10.0. The number of benzene rings is 1. The summed E-state index contributed by atoms with van der Waals surface area (Å²) in [6, 6.07) is 10.2. The second kappa shape index (κ2) is 11.5. The quantitative estimate of drug-likeness (QED) is 0.341. The van der Waals surface area contributed by atoms with E-state index in [0.29, 0.717) is 6.61 Å². The Morgan fingerprint density at radius 3 is 2.13 bits per heavy atom. The van der Waals surface area contributed by atoms with Crippen molar-refractivity contribution in [3.63, 3.8) is 0 Å². The van der Waals surface area contributed by atoms with Gasteiger partial charge in [-0.2, -0.15) is 0 Å². The van der Waals surface area contributed by atoms with Crippen LogP contribution in [-0.2, 0) is 11.2 Å². The second-order valence-corrected chi connectivity index (χ2v) is 5.67. The molecule has 1 rings (SSSR count). The van der Waals surface area contributed by atoms with Crippen LogP contribution in [0.3, 0.4) is 0 Å². The van der Waals surface area contributed by atoms with Crippen molar-refractivity contribution in [1.29, 1.82) is 0 Å². The van der Waals surface area contributed by atoms with Crippen LogP contribution in [0.2, 0.25) is 0 Å². The average molecular weight is 328 g/mol. The first kappa shape index (κ1) is 20.0. The topological polar surface area (TPSA) is 110 Å². The van der Waals surface area contributed by atoms with E-state index < -0.39 is 31.0 Å². The van der Waals surface area contributed by atoms with Gasteiger partial charge in [-0.15, -0.1) is 0 Å². The first-order valence-electron chi connectivity index (χ1n) is 8.01. The highest BCUT2D eigenvalue weighted by Crippen LogP contribution is 2.08. The number of ether oxygens (including phenoxy) is 1. The zero-order chi connectivity index (χ0) is 17.1. The molecule has 0 fully saturated rings. The molecule has 0 aromatic heterocycles. The van der Waals surface area contributed by atoms with Crippen LogP contribution in [0.25, 0.3) is 0 Å². The lowest BCUT2D eigenvalue weighted by Crippen LogP contribution is -2.47. The average Bonchev–Trinajstić information content (AvgIpc) is 2.59. The zero-order valence-corrected chi connectivity index (χ0v) is 13.3. The van der Waals surface area contributed by atoms with E-state index in [9.17, 15) is 20.4 Å². The van der Waals surface area contributed by atoms with E-state index in [-0.39, 0.29) is 6.61 Å². The number of aliphatic hydroxyl groups is 5. The van der Waals surface area contributed by atoms with Gasteiger partial charge < -0.3 is 30.3 Å². The predicted octanol–water partition coefficient (Wildman–Crippen LogP) is -0.148. The molecule has 6 heteroatoms. The Labute approximate surface area is 137 Å². The summed E-state index contributed by atoms with van der Waals surface area (Å²) in [5.74, 6) is 0. The van der Waals surface area contributed by atoms with E-state index in [1.807, 2.05) is 18.2 Å². The molecule has 132 valence electrons. The Bertz CT molecular complexity index is 399. The molecular weight excluding hydrogens is 300 g/mol. The van der Waals surface area contributed by atoms with Crippen LogP contribution in [0.15, 0.2) is 30.3 Å². The number of aryl methyl sites for hydroxylation is 1. The van der Waals surface area contributed by atoms with E-state index in [0.717, 1.165) is 25.7 Å². The van der Waals surface area contributed by atoms with Crippen LogP contribution in [0.4, 0.5) is 0 Å². The largest absolute Gasteiger partial charge is 0.394 e. The van der Waals surface area contributed by atoms with E-state index in [1.165, 1.54) is 5.56 Å². The molecule has 0 radical (unpaired) electrons. The normalized spacial score (nSPS) is 16.7. The number of hydrogen-bond acceptors (Lipinski definition) is 6. The number of rotatable bonds is 12. The third kappa shape index (κ3) is 7.87. The zero-order valence-electron chi connectivity index (χ0n) is 13.3. The molecule has 23 heavy (non-hydrogen) atoms. The molecule has 0 bridgehead atoms. The Kier molecular flexibility index (Phi) is 10.0. The van der Waals surface area contributed by atoms with E-state index in [4.69, 9.17) is 9.84 Å². The molecule has 0 heterocycles. The summed E-state index contributed by atoms with van der Waals surface area (Å²) < 4.78 is 5.27. The molecule has 0 spiro atoms. The molecule has 0 saturated carbocycles. The molecule has 0 amide bonds. The molecule has 1 aromatic carbocycles. The van der Waals surface area contributed by atoms with Gasteiger partial charge in [0.15, 0.2) is 0 Å². The minimum Gasteiger partial charge on any atom is -0.394 e. The van der Waals surface area contributed by atoms with Gasteiger partial charge in [0.25, 0.3) is 0 Å². The molecular formula is C17H28O6. The van der Waals surface area contributed by atoms with Crippen LogP contribution in [0, 0.1) is 0 Å². The van der Waals surface area contributed by atoms with Gasteiger partial charge in [-0.3, -0.25) is 0 Å². The number of unbranched alkanes of at least 4 members (excludes halogenated alkanes) is 2. The maximum atomic E-state index is 9.66. The minimum absolute atomic E-state index is 0.130. The highest BCUT2D eigenvalue weighted by atomic mass is 16.5. The Hall–Kier alpha value is -1.02. The molecule has 1 aromatic rings. The molecule has 4 atom stereocenters. The molecule has 0 saturated heterocycles. The van der Waals surface area contributed by atoms with E-state index >= 15 is 0 Å². The monoisotopic (exact) mass is 328 g/mol. The van der Waals surface area contributed by atoms with Gasteiger partial charge in [0.2, 0.25) is 0 Å². The third-order valence-electron chi connectivity index (χ3n) is 3.71. The maximum absolute atomic E-state index is 9.66. The maximum Gasteiger partial charge on any atom is 0.111 e. The van der Waals surface area contributed by atoms with Crippen LogP contribution in [0.5, 0.6) is 0 Å². The smallest absolute Gasteiger partial charge is 0.111 e. The number of hydrogen-bond donors (Lipinski definition) is 5. The molecule has 5 N–H and O–H groups in total. The van der Waals surface area contributed by atoms with Crippen molar-refractivity contribution in [2.24, 2.45) is 0 Å². The fourth-order valence-electron chi connectivity index (χ4n) is 2.22. The van der Waals surface area contributed by atoms with Crippen LogP contribution >= 0.6 is 0 Å². The summed E-state index contributed by atoms with van der Waals surface area (Å²) in [4.78, 5) is 0. The lowest BCUT2D eigenvalue weighted by Gasteiger charge is -2.25. The van der Waals surface area contributed by atoms with E-state index in [1.54, 1.807) is 0 Å². The molecule has 4 unspecified atom stereocenters.